The summed E-state index contributed by atoms with van der Waals surface area (Å²) in [5.74, 6) is 0. The van der Waals surface area contributed by atoms with Crippen LogP contribution in [0.15, 0.2) is 0 Å². The van der Waals surface area contributed by atoms with Crippen LogP contribution in [0.5, 0.6) is 0 Å². The van der Waals surface area contributed by atoms with E-state index in [9.17, 15) is 4.79 Å². The zero-order valence-electron chi connectivity index (χ0n) is 8.59. The minimum atomic E-state index is -0.172. The summed E-state index contributed by atoms with van der Waals surface area (Å²) in [6.45, 7) is 7.88. The standard InChI is InChI=1S/C9H18N2O2/c1-9(2,3)10-8(12)11-5-4-6-13-7-11/h4-7H2,1-3H3,(H,10,12). The fourth-order valence-corrected chi connectivity index (χ4v) is 1.16. The molecule has 0 aromatic rings. The van der Waals surface area contributed by atoms with Crippen LogP contribution >= 0.6 is 0 Å². The molecule has 0 unspecified atom stereocenters. The molecule has 1 N–H and O–H groups in total. The fraction of sp³-hybridized carbons (Fsp3) is 0.889. The van der Waals surface area contributed by atoms with Gasteiger partial charge in [0.25, 0.3) is 0 Å². The Hall–Kier alpha value is -0.770. The van der Waals surface area contributed by atoms with E-state index in [-0.39, 0.29) is 11.6 Å². The Bertz CT molecular complexity index is 181. The third kappa shape index (κ3) is 3.63. The van der Waals surface area contributed by atoms with E-state index in [4.69, 9.17) is 4.74 Å². The van der Waals surface area contributed by atoms with Crippen molar-refractivity contribution < 1.29 is 9.53 Å². The molecule has 0 saturated carbocycles. The second kappa shape index (κ2) is 3.96. The average Bonchev–Trinajstić information content (AvgIpc) is 2.03. The van der Waals surface area contributed by atoms with Gasteiger partial charge in [-0.2, -0.15) is 0 Å². The van der Waals surface area contributed by atoms with E-state index < -0.39 is 0 Å². The van der Waals surface area contributed by atoms with Gasteiger partial charge in [0.05, 0.1) is 6.61 Å². The molecule has 0 aliphatic carbocycles. The predicted octanol–water partition coefficient (Wildman–Crippen LogP) is 1.17. The van der Waals surface area contributed by atoms with Crippen molar-refractivity contribution in [3.8, 4) is 0 Å². The van der Waals surface area contributed by atoms with E-state index in [1.165, 1.54) is 0 Å². The first-order valence-electron chi connectivity index (χ1n) is 4.64. The topological polar surface area (TPSA) is 41.6 Å². The van der Waals surface area contributed by atoms with Crippen molar-refractivity contribution in [2.45, 2.75) is 32.7 Å². The summed E-state index contributed by atoms with van der Waals surface area (Å²) in [7, 11) is 0. The summed E-state index contributed by atoms with van der Waals surface area (Å²) in [4.78, 5) is 13.2. The molecular formula is C9H18N2O2. The molecule has 0 bridgehead atoms. The number of nitrogens with zero attached hydrogens (tertiary/aromatic N) is 1. The molecule has 1 aliphatic rings. The molecule has 0 spiro atoms. The largest absolute Gasteiger partial charge is 0.361 e. The molecule has 4 heteroatoms. The van der Waals surface area contributed by atoms with Gasteiger partial charge < -0.3 is 15.0 Å². The highest BCUT2D eigenvalue weighted by Gasteiger charge is 2.20. The first kappa shape index (κ1) is 10.3. The Morgan fingerprint density at radius 2 is 2.15 bits per heavy atom. The number of hydrogen-bond donors (Lipinski definition) is 1. The number of urea groups is 1. The number of carbonyl (C=O) groups is 1. The van der Waals surface area contributed by atoms with Crippen LogP contribution in [-0.2, 0) is 4.74 Å². The maximum Gasteiger partial charge on any atom is 0.319 e. The summed E-state index contributed by atoms with van der Waals surface area (Å²) in [5, 5.41) is 2.90. The van der Waals surface area contributed by atoms with Crippen molar-refractivity contribution in [1.82, 2.24) is 10.2 Å². The molecule has 76 valence electrons. The minimum absolute atomic E-state index is 0.0350. The molecule has 0 radical (unpaired) electrons. The first-order chi connectivity index (χ1) is 5.99. The monoisotopic (exact) mass is 186 g/mol. The lowest BCUT2D eigenvalue weighted by Crippen LogP contribution is -2.50. The smallest absolute Gasteiger partial charge is 0.319 e. The van der Waals surface area contributed by atoms with E-state index >= 15 is 0 Å². The number of amides is 2. The SMILES string of the molecule is CC(C)(C)NC(=O)N1CCCOC1. The van der Waals surface area contributed by atoms with Crippen LogP contribution in [-0.4, -0.2) is 36.4 Å². The molecule has 1 fully saturated rings. The van der Waals surface area contributed by atoms with Crippen LogP contribution in [0.3, 0.4) is 0 Å². The molecule has 4 nitrogen and oxygen atoms in total. The Kier molecular flexibility index (Phi) is 3.14. The Morgan fingerprint density at radius 1 is 1.46 bits per heavy atom. The summed E-state index contributed by atoms with van der Waals surface area (Å²) >= 11 is 0. The molecule has 1 saturated heterocycles. The normalized spacial score (nSPS) is 18.5. The van der Waals surface area contributed by atoms with Gasteiger partial charge in [0, 0.05) is 12.1 Å². The third-order valence-corrected chi connectivity index (χ3v) is 1.73. The lowest BCUT2D eigenvalue weighted by atomic mass is 10.1. The lowest BCUT2D eigenvalue weighted by Gasteiger charge is -2.30. The summed E-state index contributed by atoms with van der Waals surface area (Å²) in [6.07, 6.45) is 0.928. The molecule has 1 rings (SSSR count). The molecular weight excluding hydrogens is 168 g/mol. The van der Waals surface area contributed by atoms with Gasteiger partial charge in [0.15, 0.2) is 0 Å². The minimum Gasteiger partial charge on any atom is -0.361 e. The van der Waals surface area contributed by atoms with E-state index in [0.717, 1.165) is 19.6 Å². The lowest BCUT2D eigenvalue weighted by molar-refractivity contribution is 0.00749. The van der Waals surface area contributed by atoms with Crippen molar-refractivity contribution in [2.24, 2.45) is 0 Å². The quantitative estimate of drug-likeness (QED) is 0.617. The van der Waals surface area contributed by atoms with Crippen LogP contribution in [0.25, 0.3) is 0 Å². The number of nitrogens with one attached hydrogen (secondary N) is 1. The molecule has 0 aromatic carbocycles. The van der Waals surface area contributed by atoms with Crippen LogP contribution in [0.2, 0.25) is 0 Å². The van der Waals surface area contributed by atoms with E-state index in [1.807, 2.05) is 20.8 Å². The van der Waals surface area contributed by atoms with Gasteiger partial charge in [-0.05, 0) is 27.2 Å². The number of ether oxygens (including phenoxy) is 1. The average molecular weight is 186 g/mol. The van der Waals surface area contributed by atoms with Crippen molar-refractivity contribution in [3.63, 3.8) is 0 Å². The van der Waals surface area contributed by atoms with Crippen LogP contribution in [0, 0.1) is 0 Å². The maximum absolute atomic E-state index is 11.5. The van der Waals surface area contributed by atoms with Gasteiger partial charge >= 0.3 is 6.03 Å². The van der Waals surface area contributed by atoms with Crippen LogP contribution < -0.4 is 5.32 Å². The molecule has 1 heterocycles. The van der Waals surface area contributed by atoms with E-state index in [0.29, 0.717) is 6.73 Å². The van der Waals surface area contributed by atoms with Crippen molar-refractivity contribution in [1.29, 1.82) is 0 Å². The zero-order valence-corrected chi connectivity index (χ0v) is 8.59. The molecule has 1 aliphatic heterocycles. The van der Waals surface area contributed by atoms with Gasteiger partial charge in [-0.1, -0.05) is 0 Å². The second-order valence-electron chi connectivity index (χ2n) is 4.33. The number of rotatable bonds is 0. The number of hydrogen-bond acceptors (Lipinski definition) is 2. The fourth-order valence-electron chi connectivity index (χ4n) is 1.16. The zero-order chi connectivity index (χ0) is 9.90. The van der Waals surface area contributed by atoms with Gasteiger partial charge in [0.1, 0.15) is 6.73 Å². The van der Waals surface area contributed by atoms with Crippen LogP contribution in [0.1, 0.15) is 27.2 Å². The molecule has 13 heavy (non-hydrogen) atoms. The van der Waals surface area contributed by atoms with E-state index in [2.05, 4.69) is 5.32 Å². The highest BCUT2D eigenvalue weighted by Crippen LogP contribution is 2.05. The Balaban J connectivity index is 2.38. The highest BCUT2D eigenvalue weighted by molar-refractivity contribution is 5.74. The molecule has 2 amide bonds. The second-order valence-corrected chi connectivity index (χ2v) is 4.33. The molecule has 0 aromatic heterocycles. The Morgan fingerprint density at radius 3 is 2.62 bits per heavy atom. The first-order valence-corrected chi connectivity index (χ1v) is 4.64. The summed E-state index contributed by atoms with van der Waals surface area (Å²) in [6, 6.07) is -0.0350. The van der Waals surface area contributed by atoms with E-state index in [1.54, 1.807) is 4.90 Å². The highest BCUT2D eigenvalue weighted by atomic mass is 16.5. The van der Waals surface area contributed by atoms with Crippen molar-refractivity contribution in [2.75, 3.05) is 19.9 Å². The predicted molar refractivity (Wildman–Crippen MR) is 50.4 cm³/mol. The number of carbonyl (C=O) groups excluding carboxylic acids is 1. The summed E-state index contributed by atoms with van der Waals surface area (Å²) < 4.78 is 5.18. The van der Waals surface area contributed by atoms with Gasteiger partial charge in [-0.3, -0.25) is 0 Å². The summed E-state index contributed by atoms with van der Waals surface area (Å²) in [5.41, 5.74) is -0.172. The van der Waals surface area contributed by atoms with Crippen LogP contribution in [0.4, 0.5) is 4.79 Å². The van der Waals surface area contributed by atoms with Gasteiger partial charge in [-0.25, -0.2) is 4.79 Å². The van der Waals surface area contributed by atoms with Crippen molar-refractivity contribution in [3.05, 3.63) is 0 Å². The van der Waals surface area contributed by atoms with Gasteiger partial charge in [0.2, 0.25) is 0 Å². The maximum atomic E-state index is 11.5. The van der Waals surface area contributed by atoms with Gasteiger partial charge in [-0.15, -0.1) is 0 Å². The van der Waals surface area contributed by atoms with Crippen molar-refractivity contribution >= 4 is 6.03 Å². The third-order valence-electron chi connectivity index (χ3n) is 1.73. The molecule has 0 atom stereocenters. The Labute approximate surface area is 79.2 Å².